The first-order valence-corrected chi connectivity index (χ1v) is 9.75. The van der Waals surface area contributed by atoms with Crippen LogP contribution < -0.4 is 11.1 Å². The van der Waals surface area contributed by atoms with Crippen molar-refractivity contribution >= 4 is 41.7 Å². The van der Waals surface area contributed by atoms with Crippen LogP contribution in [0, 0.1) is 6.92 Å². The molecule has 1 heterocycles. The van der Waals surface area contributed by atoms with E-state index in [0.29, 0.717) is 12.0 Å². The van der Waals surface area contributed by atoms with Crippen LogP contribution in [-0.2, 0) is 5.75 Å². The van der Waals surface area contributed by atoms with Gasteiger partial charge in [0.2, 0.25) is 0 Å². The van der Waals surface area contributed by atoms with Crippen molar-refractivity contribution in [3.8, 4) is 0 Å². The molecule has 2 rings (SSSR count). The highest BCUT2D eigenvalue weighted by atomic mass is 127. The minimum Gasteiger partial charge on any atom is -0.370 e. The molecule has 1 saturated heterocycles. The van der Waals surface area contributed by atoms with E-state index in [0.717, 1.165) is 31.1 Å². The average molecular weight is 462 g/mol. The number of likely N-dealkylation sites (tertiary alicyclic amines) is 1. The van der Waals surface area contributed by atoms with Crippen LogP contribution in [0.25, 0.3) is 0 Å². The molecule has 6 heteroatoms. The second-order valence-electron chi connectivity index (χ2n) is 6.12. The van der Waals surface area contributed by atoms with Gasteiger partial charge in [-0.05, 0) is 38.4 Å². The highest BCUT2D eigenvalue weighted by molar-refractivity contribution is 14.0. The Labute approximate surface area is 168 Å². The van der Waals surface area contributed by atoms with Crippen LogP contribution in [0.5, 0.6) is 0 Å². The van der Waals surface area contributed by atoms with Crippen molar-refractivity contribution in [2.45, 2.75) is 38.5 Å². The molecule has 1 aromatic carbocycles. The number of hydrogen-bond acceptors (Lipinski definition) is 3. The number of aryl methyl sites for hydroxylation is 1. The number of nitrogens with zero attached hydrogens (tertiary/aromatic N) is 2. The lowest BCUT2D eigenvalue weighted by molar-refractivity contribution is 0.273. The Morgan fingerprint density at radius 1 is 1.38 bits per heavy atom. The van der Waals surface area contributed by atoms with E-state index in [1.165, 1.54) is 30.5 Å². The van der Waals surface area contributed by atoms with Crippen LogP contribution in [0.4, 0.5) is 0 Å². The molecule has 0 bridgehead atoms. The molecule has 1 aliphatic rings. The third-order valence-electron chi connectivity index (χ3n) is 4.32. The van der Waals surface area contributed by atoms with Gasteiger partial charge in [0.1, 0.15) is 0 Å². The second kappa shape index (κ2) is 12.0. The third-order valence-corrected chi connectivity index (χ3v) is 5.35. The van der Waals surface area contributed by atoms with Gasteiger partial charge in [-0.3, -0.25) is 9.89 Å². The molecule has 1 aromatic rings. The standard InChI is InChI=1S/C18H30N4S.HI/c1-3-22-11-4-5-17(22)13-21-18(19)20-10-12-23-14-16-8-6-15(2)7-9-16;/h6-9,17H,3-5,10-14H2,1-2H3,(H3,19,20,21);1H. The Morgan fingerprint density at radius 2 is 2.12 bits per heavy atom. The molecular weight excluding hydrogens is 431 g/mol. The lowest BCUT2D eigenvalue weighted by atomic mass is 10.2. The van der Waals surface area contributed by atoms with Gasteiger partial charge in [0.25, 0.3) is 0 Å². The summed E-state index contributed by atoms with van der Waals surface area (Å²) in [7, 11) is 0. The maximum Gasteiger partial charge on any atom is 0.188 e. The molecule has 0 aromatic heterocycles. The molecular formula is C18H31IN4S. The van der Waals surface area contributed by atoms with Crippen LogP contribution in [0.2, 0.25) is 0 Å². The Kier molecular flexibility index (Phi) is 10.8. The van der Waals surface area contributed by atoms with Crippen molar-refractivity contribution in [3.05, 3.63) is 35.4 Å². The normalized spacial score (nSPS) is 18.4. The Bertz CT molecular complexity index is 492. The summed E-state index contributed by atoms with van der Waals surface area (Å²) >= 11 is 1.92. The Morgan fingerprint density at radius 3 is 2.83 bits per heavy atom. The minimum absolute atomic E-state index is 0. The fraction of sp³-hybridized carbons (Fsp3) is 0.611. The van der Waals surface area contributed by atoms with Crippen molar-refractivity contribution in [2.24, 2.45) is 10.7 Å². The maximum atomic E-state index is 5.96. The molecule has 24 heavy (non-hydrogen) atoms. The van der Waals surface area contributed by atoms with Gasteiger partial charge < -0.3 is 11.1 Å². The summed E-state index contributed by atoms with van der Waals surface area (Å²) in [6.07, 6.45) is 2.54. The van der Waals surface area contributed by atoms with E-state index < -0.39 is 0 Å². The molecule has 1 unspecified atom stereocenters. The van der Waals surface area contributed by atoms with Gasteiger partial charge in [0, 0.05) is 24.1 Å². The number of thioether (sulfide) groups is 1. The van der Waals surface area contributed by atoms with Gasteiger partial charge in [-0.25, -0.2) is 0 Å². The predicted molar refractivity (Wildman–Crippen MR) is 118 cm³/mol. The fourth-order valence-corrected chi connectivity index (χ4v) is 3.72. The molecule has 1 fully saturated rings. The van der Waals surface area contributed by atoms with E-state index in [9.17, 15) is 0 Å². The van der Waals surface area contributed by atoms with Gasteiger partial charge in [-0.2, -0.15) is 11.8 Å². The number of halogens is 1. The summed E-state index contributed by atoms with van der Waals surface area (Å²) in [5.41, 5.74) is 8.65. The third kappa shape index (κ3) is 7.61. The van der Waals surface area contributed by atoms with E-state index in [4.69, 9.17) is 5.73 Å². The number of hydrogen-bond donors (Lipinski definition) is 2. The highest BCUT2D eigenvalue weighted by Gasteiger charge is 2.22. The van der Waals surface area contributed by atoms with Gasteiger partial charge in [-0.15, -0.1) is 24.0 Å². The van der Waals surface area contributed by atoms with Crippen molar-refractivity contribution in [1.29, 1.82) is 0 Å². The Balaban J connectivity index is 0.00000288. The first-order chi connectivity index (χ1) is 11.2. The summed E-state index contributed by atoms with van der Waals surface area (Å²) in [5.74, 6) is 2.67. The zero-order valence-electron chi connectivity index (χ0n) is 14.8. The summed E-state index contributed by atoms with van der Waals surface area (Å²) < 4.78 is 0. The van der Waals surface area contributed by atoms with Crippen LogP contribution in [0.1, 0.15) is 30.9 Å². The zero-order valence-corrected chi connectivity index (χ0v) is 18.0. The first-order valence-electron chi connectivity index (χ1n) is 8.60. The largest absolute Gasteiger partial charge is 0.370 e. The molecule has 0 amide bonds. The number of rotatable bonds is 8. The summed E-state index contributed by atoms with van der Waals surface area (Å²) in [6, 6.07) is 9.32. The number of nitrogens with two attached hydrogens (primary N) is 1. The quantitative estimate of drug-likeness (QED) is 0.270. The summed E-state index contributed by atoms with van der Waals surface area (Å²) in [5, 5.41) is 3.22. The molecule has 0 saturated carbocycles. The van der Waals surface area contributed by atoms with Crippen LogP contribution in [0.3, 0.4) is 0 Å². The van der Waals surface area contributed by atoms with E-state index >= 15 is 0 Å². The topological polar surface area (TPSA) is 53.6 Å². The van der Waals surface area contributed by atoms with Crippen LogP contribution >= 0.6 is 35.7 Å². The van der Waals surface area contributed by atoms with E-state index in [1.54, 1.807) is 0 Å². The average Bonchev–Trinajstić information content (AvgIpc) is 3.02. The number of guanidine groups is 1. The van der Waals surface area contributed by atoms with Crippen molar-refractivity contribution in [1.82, 2.24) is 10.2 Å². The molecule has 1 aliphatic heterocycles. The molecule has 0 radical (unpaired) electrons. The SMILES string of the molecule is CCN1CCCC1CN=C(N)NCCSCc1ccc(C)cc1.I. The van der Waals surface area contributed by atoms with E-state index in [-0.39, 0.29) is 24.0 Å². The van der Waals surface area contributed by atoms with Gasteiger partial charge in [0.15, 0.2) is 5.96 Å². The molecule has 0 spiro atoms. The number of benzene rings is 1. The lowest BCUT2D eigenvalue weighted by Crippen LogP contribution is -2.36. The number of aliphatic imine (C=N–C) groups is 1. The first kappa shape index (κ1) is 21.6. The molecule has 4 nitrogen and oxygen atoms in total. The van der Waals surface area contributed by atoms with Gasteiger partial charge >= 0.3 is 0 Å². The Hall–Kier alpha value is -0.470. The summed E-state index contributed by atoms with van der Waals surface area (Å²) in [4.78, 5) is 7.00. The number of nitrogens with one attached hydrogen (secondary N) is 1. The van der Waals surface area contributed by atoms with Crippen molar-refractivity contribution in [3.63, 3.8) is 0 Å². The molecule has 3 N–H and O–H groups in total. The van der Waals surface area contributed by atoms with Gasteiger partial charge in [0.05, 0.1) is 6.54 Å². The minimum atomic E-state index is 0. The van der Waals surface area contributed by atoms with E-state index in [1.807, 2.05) is 11.8 Å². The fourth-order valence-electron chi connectivity index (χ4n) is 2.90. The lowest BCUT2D eigenvalue weighted by Gasteiger charge is -2.20. The van der Waals surface area contributed by atoms with Crippen LogP contribution in [-0.4, -0.2) is 48.8 Å². The predicted octanol–water partition coefficient (Wildman–Crippen LogP) is 3.23. The van der Waals surface area contributed by atoms with Gasteiger partial charge in [-0.1, -0.05) is 36.8 Å². The molecule has 0 aliphatic carbocycles. The van der Waals surface area contributed by atoms with Crippen molar-refractivity contribution < 1.29 is 0 Å². The summed E-state index contributed by atoms with van der Waals surface area (Å²) in [6.45, 7) is 8.35. The highest BCUT2D eigenvalue weighted by Crippen LogP contribution is 2.16. The number of likely N-dealkylation sites (N-methyl/N-ethyl adjacent to an activating group) is 1. The van der Waals surface area contributed by atoms with E-state index in [2.05, 4.69) is 53.3 Å². The zero-order chi connectivity index (χ0) is 16.5. The van der Waals surface area contributed by atoms with Crippen LogP contribution in [0.15, 0.2) is 29.3 Å². The molecule has 136 valence electrons. The van der Waals surface area contributed by atoms with Crippen molar-refractivity contribution in [2.75, 3.05) is 31.9 Å². The molecule has 1 atom stereocenters. The smallest absolute Gasteiger partial charge is 0.188 e. The maximum absolute atomic E-state index is 5.96. The second-order valence-corrected chi connectivity index (χ2v) is 7.22. The monoisotopic (exact) mass is 462 g/mol.